The van der Waals surface area contributed by atoms with Crippen molar-refractivity contribution in [3.05, 3.63) is 35.9 Å². The van der Waals surface area contributed by atoms with Crippen LogP contribution in [0.3, 0.4) is 0 Å². The highest BCUT2D eigenvalue weighted by atomic mass is 32.2. The Labute approximate surface area is 143 Å². The summed E-state index contributed by atoms with van der Waals surface area (Å²) in [6.45, 7) is 0.0847. The third-order valence-corrected chi connectivity index (χ3v) is 6.37. The molecular weight excluding hydrogens is 328 g/mol. The lowest BCUT2D eigenvalue weighted by Crippen LogP contribution is -2.47. The molecule has 1 heterocycles. The summed E-state index contributed by atoms with van der Waals surface area (Å²) in [5.74, 6) is 0. The quantitative estimate of drug-likeness (QED) is 0.847. The van der Waals surface area contributed by atoms with Gasteiger partial charge in [0.15, 0.2) is 0 Å². The first-order chi connectivity index (χ1) is 11.6. The third-order valence-electron chi connectivity index (χ3n) is 4.65. The Kier molecular flexibility index (Phi) is 5.40. The molecule has 132 valence electrons. The van der Waals surface area contributed by atoms with Gasteiger partial charge < -0.3 is 15.2 Å². The molecule has 24 heavy (non-hydrogen) atoms. The summed E-state index contributed by atoms with van der Waals surface area (Å²) in [5.41, 5.74) is 1.01. The van der Waals surface area contributed by atoms with Gasteiger partial charge in [0.2, 0.25) is 0 Å². The van der Waals surface area contributed by atoms with E-state index in [1.165, 1.54) is 0 Å². The van der Waals surface area contributed by atoms with Crippen LogP contribution in [0.1, 0.15) is 50.1 Å². The normalized spacial score (nSPS) is 26.6. The second kappa shape index (κ2) is 7.53. The molecule has 0 bridgehead atoms. The molecular formula is C17H24N2O4S. The maximum atomic E-state index is 12.4. The molecule has 2 aliphatic rings. The zero-order valence-electron chi connectivity index (χ0n) is 13.6. The minimum atomic E-state index is -3.53. The summed E-state index contributed by atoms with van der Waals surface area (Å²) < 4.78 is 34.5. The number of nitrogens with zero attached hydrogens (tertiary/aromatic N) is 1. The number of hydrogen-bond donors (Lipinski definition) is 2. The Morgan fingerprint density at radius 1 is 1.25 bits per heavy atom. The van der Waals surface area contributed by atoms with E-state index >= 15 is 0 Å². The topological polar surface area (TPSA) is 88.0 Å². The fourth-order valence-corrected chi connectivity index (χ4v) is 4.90. The van der Waals surface area contributed by atoms with Crippen LogP contribution in [0.15, 0.2) is 34.7 Å². The molecule has 0 amide bonds. The number of benzene rings is 1. The molecule has 3 rings (SSSR count). The van der Waals surface area contributed by atoms with Gasteiger partial charge in [0, 0.05) is 6.61 Å². The van der Waals surface area contributed by atoms with E-state index in [9.17, 15) is 8.42 Å². The minimum absolute atomic E-state index is 0.0847. The number of aliphatic hydroxyl groups is 1. The molecule has 1 saturated carbocycles. The Balaban J connectivity index is 1.80. The first kappa shape index (κ1) is 17.2. The Morgan fingerprint density at radius 3 is 2.75 bits per heavy atom. The maximum Gasteiger partial charge on any atom is 0.301 e. The molecule has 1 fully saturated rings. The van der Waals surface area contributed by atoms with Crippen molar-refractivity contribution >= 4 is 16.0 Å². The molecule has 7 heteroatoms. The summed E-state index contributed by atoms with van der Waals surface area (Å²) in [7, 11) is -3.53. The van der Waals surface area contributed by atoms with Crippen molar-refractivity contribution in [3.63, 3.8) is 0 Å². The number of aliphatic hydroxyl groups excluding tert-OH is 1. The van der Waals surface area contributed by atoms with Gasteiger partial charge in [-0.3, -0.25) is 0 Å². The van der Waals surface area contributed by atoms with E-state index in [0.29, 0.717) is 19.3 Å². The molecule has 2 unspecified atom stereocenters. The molecule has 0 spiro atoms. The SMILES string of the molecule is O=S1(=O)N=C(N[C@@H](CCCO)c2ccccc2)OC2CCCCC21. The maximum absolute atomic E-state index is 12.4. The van der Waals surface area contributed by atoms with Crippen LogP contribution in [0.5, 0.6) is 0 Å². The van der Waals surface area contributed by atoms with Crippen LogP contribution in [-0.2, 0) is 14.8 Å². The van der Waals surface area contributed by atoms with Gasteiger partial charge in [0.05, 0.1) is 6.04 Å². The van der Waals surface area contributed by atoms with Gasteiger partial charge in [-0.05, 0) is 37.7 Å². The monoisotopic (exact) mass is 352 g/mol. The Bertz CT molecular complexity index is 675. The highest BCUT2D eigenvalue weighted by Crippen LogP contribution is 2.31. The zero-order chi connectivity index (χ0) is 17.0. The van der Waals surface area contributed by atoms with E-state index in [1.807, 2.05) is 30.3 Å². The zero-order valence-corrected chi connectivity index (χ0v) is 14.4. The van der Waals surface area contributed by atoms with E-state index in [2.05, 4.69) is 9.71 Å². The lowest BCUT2D eigenvalue weighted by Gasteiger charge is -2.34. The van der Waals surface area contributed by atoms with Crippen LogP contribution in [0, 0.1) is 0 Å². The van der Waals surface area contributed by atoms with Crippen molar-refractivity contribution < 1.29 is 18.3 Å². The Morgan fingerprint density at radius 2 is 2.00 bits per heavy atom. The summed E-state index contributed by atoms with van der Waals surface area (Å²) >= 11 is 0. The number of hydrogen-bond acceptors (Lipinski definition) is 5. The highest BCUT2D eigenvalue weighted by molar-refractivity contribution is 7.91. The lowest BCUT2D eigenvalue weighted by molar-refractivity contribution is 0.131. The van der Waals surface area contributed by atoms with E-state index in [0.717, 1.165) is 24.8 Å². The minimum Gasteiger partial charge on any atom is -0.460 e. The number of ether oxygens (including phenoxy) is 1. The van der Waals surface area contributed by atoms with E-state index in [1.54, 1.807) is 0 Å². The van der Waals surface area contributed by atoms with Crippen LogP contribution >= 0.6 is 0 Å². The fourth-order valence-electron chi connectivity index (χ4n) is 3.40. The van der Waals surface area contributed by atoms with Crippen molar-refractivity contribution in [3.8, 4) is 0 Å². The van der Waals surface area contributed by atoms with Gasteiger partial charge in [0.25, 0.3) is 10.0 Å². The second-order valence-electron chi connectivity index (χ2n) is 6.36. The number of rotatable bonds is 5. The molecule has 1 aliphatic carbocycles. The van der Waals surface area contributed by atoms with Crippen molar-refractivity contribution in [2.24, 2.45) is 4.40 Å². The van der Waals surface area contributed by atoms with Gasteiger partial charge in [-0.15, -0.1) is 4.40 Å². The third kappa shape index (κ3) is 3.89. The molecule has 2 N–H and O–H groups in total. The first-order valence-corrected chi connectivity index (χ1v) is 10.0. The lowest BCUT2D eigenvalue weighted by atomic mass is 9.97. The van der Waals surface area contributed by atoms with Crippen LogP contribution in [0.4, 0.5) is 0 Å². The number of sulfonamides is 1. The molecule has 3 atom stereocenters. The standard InChI is InChI=1S/C17H24N2O4S/c20-12-6-9-14(13-7-2-1-3-8-13)18-17-19-24(21,22)16-11-5-4-10-15(16)23-17/h1-3,7-8,14-16,20H,4-6,9-12H2,(H,18,19)/t14-,15?,16?/m0/s1. The molecule has 0 aromatic heterocycles. The molecule has 0 radical (unpaired) electrons. The molecule has 1 aromatic carbocycles. The summed E-state index contributed by atoms with van der Waals surface area (Å²) in [6.07, 6.45) is 4.23. The van der Waals surface area contributed by atoms with Gasteiger partial charge in [0.1, 0.15) is 11.4 Å². The summed E-state index contributed by atoms with van der Waals surface area (Å²) in [5, 5.41) is 11.7. The van der Waals surface area contributed by atoms with E-state index in [4.69, 9.17) is 9.84 Å². The number of fused-ring (bicyclic) bond motifs is 1. The fraction of sp³-hybridized carbons (Fsp3) is 0.588. The van der Waals surface area contributed by atoms with Gasteiger partial charge in [-0.25, -0.2) is 8.42 Å². The molecule has 1 aromatic rings. The summed E-state index contributed by atoms with van der Waals surface area (Å²) in [6, 6.07) is 9.67. The van der Waals surface area contributed by atoms with Gasteiger partial charge in [-0.1, -0.05) is 36.8 Å². The second-order valence-corrected chi connectivity index (χ2v) is 8.18. The van der Waals surface area contributed by atoms with Crippen molar-refractivity contribution in [1.29, 1.82) is 0 Å². The number of amidine groups is 1. The first-order valence-electron chi connectivity index (χ1n) is 8.53. The average molecular weight is 352 g/mol. The van der Waals surface area contributed by atoms with Crippen molar-refractivity contribution in [2.75, 3.05) is 6.61 Å². The smallest absolute Gasteiger partial charge is 0.301 e. The largest absolute Gasteiger partial charge is 0.460 e. The summed E-state index contributed by atoms with van der Waals surface area (Å²) in [4.78, 5) is 0. The van der Waals surface area contributed by atoms with Crippen LogP contribution in [0.25, 0.3) is 0 Å². The van der Waals surface area contributed by atoms with Crippen LogP contribution in [0.2, 0.25) is 0 Å². The van der Waals surface area contributed by atoms with E-state index < -0.39 is 15.3 Å². The number of nitrogens with one attached hydrogen (secondary N) is 1. The van der Waals surface area contributed by atoms with Crippen LogP contribution < -0.4 is 5.32 Å². The molecule has 1 aliphatic heterocycles. The van der Waals surface area contributed by atoms with Gasteiger partial charge in [-0.2, -0.15) is 0 Å². The molecule has 6 nitrogen and oxygen atoms in total. The predicted molar refractivity (Wildman–Crippen MR) is 92.1 cm³/mol. The predicted octanol–water partition coefficient (Wildman–Crippen LogP) is 2.12. The molecule has 0 saturated heterocycles. The van der Waals surface area contributed by atoms with E-state index in [-0.39, 0.29) is 24.8 Å². The van der Waals surface area contributed by atoms with Crippen molar-refractivity contribution in [2.45, 2.75) is 55.9 Å². The highest BCUT2D eigenvalue weighted by Gasteiger charge is 2.41. The van der Waals surface area contributed by atoms with Crippen molar-refractivity contribution in [1.82, 2.24) is 5.32 Å². The van der Waals surface area contributed by atoms with Crippen LogP contribution in [-0.4, -0.2) is 37.5 Å². The average Bonchev–Trinajstić information content (AvgIpc) is 2.59. The Hall–Kier alpha value is -1.60. The van der Waals surface area contributed by atoms with Gasteiger partial charge >= 0.3 is 6.02 Å².